The lowest BCUT2D eigenvalue weighted by molar-refractivity contribution is -0.146. The van der Waals surface area contributed by atoms with Crippen LogP contribution in [0.15, 0.2) is 0 Å². The molecule has 1 aliphatic rings. The molecule has 0 bridgehead atoms. The van der Waals surface area contributed by atoms with Crippen molar-refractivity contribution in [2.75, 3.05) is 7.05 Å². The van der Waals surface area contributed by atoms with Crippen molar-refractivity contribution in [1.29, 1.82) is 0 Å². The molecule has 1 saturated heterocycles. The van der Waals surface area contributed by atoms with Gasteiger partial charge in [0.2, 0.25) is 11.8 Å². The van der Waals surface area contributed by atoms with Crippen LogP contribution in [0.4, 0.5) is 0 Å². The van der Waals surface area contributed by atoms with Gasteiger partial charge in [0, 0.05) is 27.7 Å². The summed E-state index contributed by atoms with van der Waals surface area (Å²) in [5, 5.41) is 17.1. The summed E-state index contributed by atoms with van der Waals surface area (Å²) in [6, 6.07) is -0.390. The van der Waals surface area contributed by atoms with Crippen molar-refractivity contribution in [2.24, 2.45) is 11.3 Å². The Morgan fingerprint density at radius 3 is 2.11 bits per heavy atom. The molecule has 0 radical (unpaired) electrons. The fraction of sp³-hybridized carbons (Fsp3) is 0.889. The lowest BCUT2D eigenvalue weighted by Crippen LogP contribution is -2.56. The minimum Gasteiger partial charge on any atom is -0.372 e. The standard InChI is InChI=1S/C27H51N3O4S/c1-17(2)13-14-25(6,7)29-23(34)24(4,5)16-26(8,9)30-20(32)15-19(22(30)33)35-27(10,11)21(28-12)18(3)31/h17,19,21-22,28,33H,13-16H2,1-12H3,(H,29,34). The van der Waals surface area contributed by atoms with E-state index in [4.69, 9.17) is 0 Å². The minimum absolute atomic E-state index is 0.0186. The van der Waals surface area contributed by atoms with Gasteiger partial charge in [-0.2, -0.15) is 0 Å². The molecule has 1 fully saturated rings. The molecule has 35 heavy (non-hydrogen) atoms. The zero-order valence-corrected chi connectivity index (χ0v) is 25.0. The number of rotatable bonds is 13. The van der Waals surface area contributed by atoms with E-state index in [9.17, 15) is 19.5 Å². The number of hydrogen-bond donors (Lipinski definition) is 3. The van der Waals surface area contributed by atoms with Crippen molar-refractivity contribution < 1.29 is 19.5 Å². The number of carbonyl (C=O) groups excluding carboxylic acids is 3. The van der Waals surface area contributed by atoms with Crippen molar-refractivity contribution in [2.45, 2.75) is 135 Å². The number of ketones is 1. The van der Waals surface area contributed by atoms with E-state index in [1.165, 1.54) is 11.8 Å². The normalized spacial score (nSPS) is 21.0. The lowest BCUT2D eigenvalue weighted by atomic mass is 9.77. The van der Waals surface area contributed by atoms with Gasteiger partial charge in [0.05, 0.1) is 11.3 Å². The van der Waals surface area contributed by atoms with E-state index in [1.54, 1.807) is 18.9 Å². The molecule has 0 aliphatic carbocycles. The first-order chi connectivity index (χ1) is 15.7. The molecule has 204 valence electrons. The first-order valence-electron chi connectivity index (χ1n) is 12.9. The van der Waals surface area contributed by atoms with Crippen LogP contribution in [-0.4, -0.2) is 68.0 Å². The third kappa shape index (κ3) is 8.46. The number of nitrogens with one attached hydrogen (secondary N) is 2. The number of nitrogens with zero attached hydrogens (tertiary/aromatic N) is 1. The number of aliphatic hydroxyl groups excluding tert-OH is 1. The van der Waals surface area contributed by atoms with Crippen molar-refractivity contribution in [3.63, 3.8) is 0 Å². The molecular formula is C27H51N3O4S. The highest BCUT2D eigenvalue weighted by Gasteiger charge is 2.51. The van der Waals surface area contributed by atoms with E-state index in [2.05, 4.69) is 24.5 Å². The number of aliphatic hydroxyl groups is 1. The van der Waals surface area contributed by atoms with Gasteiger partial charge >= 0.3 is 0 Å². The molecule has 0 saturated carbocycles. The maximum absolute atomic E-state index is 13.3. The molecule has 8 heteroatoms. The molecule has 2 amide bonds. The molecule has 1 heterocycles. The van der Waals surface area contributed by atoms with Crippen molar-refractivity contribution >= 4 is 29.4 Å². The minimum atomic E-state index is -0.993. The highest BCUT2D eigenvalue weighted by molar-refractivity contribution is 8.01. The van der Waals surface area contributed by atoms with Crippen LogP contribution in [0.25, 0.3) is 0 Å². The van der Waals surface area contributed by atoms with Gasteiger partial charge in [0.15, 0.2) is 0 Å². The number of Topliss-reactive ketones (excluding diaryl/α,β-unsaturated/α-hetero) is 1. The Bertz CT molecular complexity index is 776. The van der Waals surface area contributed by atoms with E-state index in [0.717, 1.165) is 12.8 Å². The van der Waals surface area contributed by atoms with Gasteiger partial charge in [0.1, 0.15) is 12.0 Å². The van der Waals surface area contributed by atoms with Gasteiger partial charge in [-0.3, -0.25) is 14.4 Å². The number of likely N-dealkylation sites (N-methyl/N-ethyl adjacent to an activating group) is 1. The quantitative estimate of drug-likeness (QED) is 0.343. The summed E-state index contributed by atoms with van der Waals surface area (Å²) in [6.45, 7) is 21.5. The fourth-order valence-corrected chi connectivity index (χ4v) is 7.09. The van der Waals surface area contributed by atoms with Crippen molar-refractivity contribution in [3.05, 3.63) is 0 Å². The van der Waals surface area contributed by atoms with E-state index in [1.807, 2.05) is 55.4 Å². The van der Waals surface area contributed by atoms with Crippen LogP contribution in [0.3, 0.4) is 0 Å². The summed E-state index contributed by atoms with van der Waals surface area (Å²) in [6.07, 6.45) is 1.53. The lowest BCUT2D eigenvalue weighted by Gasteiger charge is -2.44. The van der Waals surface area contributed by atoms with Crippen LogP contribution in [0.5, 0.6) is 0 Å². The Balaban J connectivity index is 2.99. The predicted octanol–water partition coefficient (Wildman–Crippen LogP) is 4.12. The van der Waals surface area contributed by atoms with E-state index in [0.29, 0.717) is 12.3 Å². The Labute approximate surface area is 217 Å². The molecular weight excluding hydrogens is 462 g/mol. The molecule has 3 atom stereocenters. The molecule has 3 unspecified atom stereocenters. The summed E-state index contributed by atoms with van der Waals surface area (Å²) in [5.41, 5.74) is -1.80. The van der Waals surface area contributed by atoms with Crippen molar-refractivity contribution in [1.82, 2.24) is 15.5 Å². The highest BCUT2D eigenvalue weighted by atomic mass is 32.2. The van der Waals surface area contributed by atoms with E-state index < -0.39 is 28.0 Å². The Hall–Kier alpha value is -1.12. The summed E-state index contributed by atoms with van der Waals surface area (Å²) in [7, 11) is 1.75. The van der Waals surface area contributed by atoms with Crippen LogP contribution in [0.2, 0.25) is 0 Å². The van der Waals surface area contributed by atoms with Gasteiger partial charge in [0.25, 0.3) is 0 Å². The summed E-state index contributed by atoms with van der Waals surface area (Å²) in [4.78, 5) is 40.0. The molecule has 0 aromatic carbocycles. The average Bonchev–Trinajstić information content (AvgIpc) is 2.92. The fourth-order valence-electron chi connectivity index (χ4n) is 5.42. The van der Waals surface area contributed by atoms with Gasteiger partial charge in [-0.05, 0) is 80.7 Å². The average molecular weight is 514 g/mol. The molecule has 3 N–H and O–H groups in total. The second-order valence-electron chi connectivity index (χ2n) is 13.1. The third-order valence-electron chi connectivity index (χ3n) is 7.03. The van der Waals surface area contributed by atoms with Crippen LogP contribution >= 0.6 is 11.8 Å². The molecule has 0 aromatic rings. The van der Waals surface area contributed by atoms with E-state index in [-0.39, 0.29) is 34.8 Å². The van der Waals surface area contributed by atoms with Crippen molar-refractivity contribution in [3.8, 4) is 0 Å². The zero-order chi connectivity index (χ0) is 27.6. The predicted molar refractivity (Wildman–Crippen MR) is 145 cm³/mol. The maximum Gasteiger partial charge on any atom is 0.226 e. The molecule has 0 spiro atoms. The topological polar surface area (TPSA) is 98.7 Å². The number of thioether (sulfide) groups is 1. The number of hydrogen-bond acceptors (Lipinski definition) is 6. The third-order valence-corrected chi connectivity index (χ3v) is 8.58. The molecule has 1 aliphatic heterocycles. The van der Waals surface area contributed by atoms with E-state index >= 15 is 0 Å². The van der Waals surface area contributed by atoms with Gasteiger partial charge in [-0.25, -0.2) is 0 Å². The zero-order valence-electron chi connectivity index (χ0n) is 24.2. The molecule has 0 aromatic heterocycles. The monoisotopic (exact) mass is 513 g/mol. The molecule has 7 nitrogen and oxygen atoms in total. The SMILES string of the molecule is CNC(C(C)=O)C(C)(C)SC1CC(=O)N(C(C)(C)CC(C)(C)C(=O)NC(C)(C)CCC(C)C)C1O. The first kappa shape index (κ1) is 31.9. The summed E-state index contributed by atoms with van der Waals surface area (Å²) >= 11 is 1.47. The van der Waals surface area contributed by atoms with Crippen LogP contribution in [0.1, 0.15) is 102 Å². The number of likely N-dealkylation sites (tertiary alicyclic amines) is 1. The second-order valence-corrected chi connectivity index (χ2v) is 15.0. The first-order valence-corrected chi connectivity index (χ1v) is 13.7. The van der Waals surface area contributed by atoms with Crippen LogP contribution in [0, 0.1) is 11.3 Å². The van der Waals surface area contributed by atoms with Gasteiger partial charge in [-0.15, -0.1) is 11.8 Å². The maximum atomic E-state index is 13.3. The highest BCUT2D eigenvalue weighted by Crippen LogP contribution is 2.43. The Morgan fingerprint density at radius 2 is 1.66 bits per heavy atom. The second kappa shape index (κ2) is 11.5. The summed E-state index contributed by atoms with van der Waals surface area (Å²) < 4.78 is -0.507. The van der Waals surface area contributed by atoms with Gasteiger partial charge < -0.3 is 20.6 Å². The number of carbonyl (C=O) groups is 3. The van der Waals surface area contributed by atoms with Crippen LogP contribution in [-0.2, 0) is 14.4 Å². The smallest absolute Gasteiger partial charge is 0.226 e. The summed E-state index contributed by atoms with van der Waals surface area (Å²) in [5.74, 6) is 0.402. The van der Waals surface area contributed by atoms with Gasteiger partial charge in [-0.1, -0.05) is 27.7 Å². The number of amides is 2. The molecule has 1 rings (SSSR count). The Kier molecular flexibility index (Phi) is 10.5. The Morgan fingerprint density at radius 1 is 1.11 bits per heavy atom. The largest absolute Gasteiger partial charge is 0.372 e. The van der Waals surface area contributed by atoms with Crippen LogP contribution < -0.4 is 10.6 Å².